The smallest absolute Gasteiger partial charge is 0.354 e. The lowest BCUT2D eigenvalue weighted by atomic mass is 10.2. The Bertz CT molecular complexity index is 772. The molecule has 3 rings (SSSR count). The number of halogens is 5. The number of nitrogens with zero attached hydrogens (tertiary/aromatic N) is 4. The first-order valence-corrected chi connectivity index (χ1v) is 8.95. The van der Waals surface area contributed by atoms with E-state index in [1.54, 1.807) is 24.4 Å². The van der Waals surface area contributed by atoms with Gasteiger partial charge in [-0.2, -0.15) is 18.2 Å². The molecule has 1 saturated heterocycles. The van der Waals surface area contributed by atoms with E-state index in [0.29, 0.717) is 37.7 Å². The number of pyridine rings is 1. The summed E-state index contributed by atoms with van der Waals surface area (Å²) in [5, 5.41) is 9.18. The van der Waals surface area contributed by atoms with E-state index in [4.69, 9.17) is 4.52 Å². The molecular weight excluding hydrogens is 448 g/mol. The Morgan fingerprint density at radius 3 is 2.63 bits per heavy atom. The quantitative estimate of drug-likeness (QED) is 0.637. The first-order valence-electron chi connectivity index (χ1n) is 8.95. The van der Waals surface area contributed by atoms with E-state index in [1.807, 2.05) is 0 Å². The SMILES string of the molecule is Cl.Cl.O=C(CCc1nc(-c2ccccn2)no1)NCC(N1CCNCC1)C(F)(F)F. The van der Waals surface area contributed by atoms with Crippen molar-refractivity contribution >= 4 is 30.7 Å². The minimum atomic E-state index is -4.41. The van der Waals surface area contributed by atoms with Crippen molar-refractivity contribution in [1.29, 1.82) is 0 Å². The zero-order chi connectivity index (χ0) is 20.0. The second-order valence-electron chi connectivity index (χ2n) is 6.37. The number of alkyl halides is 3. The maximum absolute atomic E-state index is 13.3. The first kappa shape index (κ1) is 26.1. The van der Waals surface area contributed by atoms with Gasteiger partial charge in [0.1, 0.15) is 11.7 Å². The van der Waals surface area contributed by atoms with E-state index in [1.165, 1.54) is 4.90 Å². The Labute approximate surface area is 183 Å². The van der Waals surface area contributed by atoms with Crippen molar-refractivity contribution in [3.05, 3.63) is 30.3 Å². The van der Waals surface area contributed by atoms with Gasteiger partial charge in [-0.1, -0.05) is 11.2 Å². The Morgan fingerprint density at radius 1 is 1.27 bits per heavy atom. The summed E-state index contributed by atoms with van der Waals surface area (Å²) in [6.45, 7) is 1.09. The van der Waals surface area contributed by atoms with Crippen LogP contribution in [-0.4, -0.2) is 70.9 Å². The molecule has 1 aliphatic rings. The van der Waals surface area contributed by atoms with Crippen LogP contribution in [0.25, 0.3) is 11.5 Å². The van der Waals surface area contributed by atoms with Crippen molar-refractivity contribution in [2.75, 3.05) is 32.7 Å². The van der Waals surface area contributed by atoms with Crippen LogP contribution in [0.5, 0.6) is 0 Å². The molecule has 0 spiro atoms. The van der Waals surface area contributed by atoms with E-state index >= 15 is 0 Å². The molecule has 2 N–H and O–H groups in total. The van der Waals surface area contributed by atoms with Crippen molar-refractivity contribution in [3.63, 3.8) is 0 Å². The zero-order valence-corrected chi connectivity index (χ0v) is 17.5. The molecule has 2 aromatic rings. The average molecular weight is 471 g/mol. The fourth-order valence-electron chi connectivity index (χ4n) is 2.92. The number of nitrogens with one attached hydrogen (secondary N) is 2. The predicted molar refractivity (Wildman–Crippen MR) is 108 cm³/mol. The van der Waals surface area contributed by atoms with Crippen molar-refractivity contribution in [1.82, 2.24) is 30.7 Å². The highest BCUT2D eigenvalue weighted by Crippen LogP contribution is 2.24. The molecule has 0 radical (unpaired) electrons. The van der Waals surface area contributed by atoms with E-state index in [0.717, 1.165) is 0 Å². The molecule has 30 heavy (non-hydrogen) atoms. The summed E-state index contributed by atoms with van der Waals surface area (Å²) in [6.07, 6.45) is -2.73. The summed E-state index contributed by atoms with van der Waals surface area (Å²) in [7, 11) is 0. The van der Waals surface area contributed by atoms with Crippen molar-refractivity contribution in [2.24, 2.45) is 0 Å². The summed E-state index contributed by atoms with van der Waals surface area (Å²) < 4.78 is 45.0. The number of hydrogen-bond donors (Lipinski definition) is 2. The van der Waals surface area contributed by atoms with Crippen LogP contribution in [0.15, 0.2) is 28.9 Å². The van der Waals surface area contributed by atoms with Crippen molar-refractivity contribution < 1.29 is 22.5 Å². The van der Waals surface area contributed by atoms with Crippen LogP contribution in [0, 0.1) is 0 Å². The second-order valence-corrected chi connectivity index (χ2v) is 6.37. The second kappa shape index (κ2) is 12.0. The van der Waals surface area contributed by atoms with E-state index in [2.05, 4.69) is 25.8 Å². The summed E-state index contributed by atoms with van der Waals surface area (Å²) >= 11 is 0. The van der Waals surface area contributed by atoms with Gasteiger partial charge in [0.15, 0.2) is 0 Å². The average Bonchev–Trinajstić information content (AvgIpc) is 3.16. The maximum atomic E-state index is 13.3. The fourth-order valence-corrected chi connectivity index (χ4v) is 2.92. The number of carbonyl (C=O) groups is 1. The van der Waals surface area contributed by atoms with Gasteiger partial charge in [-0.3, -0.25) is 14.7 Å². The molecule has 1 aliphatic heterocycles. The Morgan fingerprint density at radius 2 is 2.00 bits per heavy atom. The molecule has 1 amide bonds. The van der Waals surface area contributed by atoms with Crippen LogP contribution >= 0.6 is 24.8 Å². The topological polar surface area (TPSA) is 96.2 Å². The maximum Gasteiger partial charge on any atom is 0.405 e. The van der Waals surface area contributed by atoms with Crippen molar-refractivity contribution in [3.8, 4) is 11.5 Å². The van der Waals surface area contributed by atoms with Gasteiger partial charge in [0.05, 0.1) is 0 Å². The summed E-state index contributed by atoms with van der Waals surface area (Å²) in [5.41, 5.74) is 0.533. The molecule has 1 fully saturated rings. The number of aryl methyl sites for hydroxylation is 1. The van der Waals surface area contributed by atoms with Crippen LogP contribution in [0.1, 0.15) is 12.3 Å². The molecule has 0 saturated carbocycles. The number of rotatable bonds is 7. The highest BCUT2D eigenvalue weighted by Gasteiger charge is 2.43. The van der Waals surface area contributed by atoms with Crippen LogP contribution in [0.3, 0.4) is 0 Å². The van der Waals surface area contributed by atoms with E-state index < -0.39 is 24.7 Å². The van der Waals surface area contributed by atoms with Crippen LogP contribution < -0.4 is 10.6 Å². The summed E-state index contributed by atoms with van der Waals surface area (Å²) in [6, 6.07) is 3.55. The molecule has 13 heteroatoms. The monoisotopic (exact) mass is 470 g/mol. The van der Waals surface area contributed by atoms with Gasteiger partial charge in [0, 0.05) is 51.8 Å². The number of carbonyl (C=O) groups excluding carboxylic acids is 1. The van der Waals surface area contributed by atoms with Gasteiger partial charge in [0.2, 0.25) is 17.6 Å². The first-order chi connectivity index (χ1) is 13.4. The number of aromatic nitrogens is 3. The summed E-state index contributed by atoms with van der Waals surface area (Å²) in [4.78, 5) is 21.6. The van der Waals surface area contributed by atoms with Gasteiger partial charge >= 0.3 is 6.18 Å². The van der Waals surface area contributed by atoms with E-state index in [9.17, 15) is 18.0 Å². The molecule has 168 valence electrons. The van der Waals surface area contributed by atoms with Gasteiger partial charge < -0.3 is 15.2 Å². The summed E-state index contributed by atoms with van der Waals surface area (Å²) in [5.74, 6) is 0.0269. The molecular formula is C17H23Cl2F3N6O2. The molecule has 1 unspecified atom stereocenters. The highest BCUT2D eigenvalue weighted by molar-refractivity contribution is 5.85. The molecule has 0 bridgehead atoms. The predicted octanol–water partition coefficient (Wildman–Crippen LogP) is 1.86. The molecule has 0 aromatic carbocycles. The normalized spacial score (nSPS) is 15.6. The van der Waals surface area contributed by atoms with Crippen LogP contribution in [0.2, 0.25) is 0 Å². The minimum Gasteiger partial charge on any atom is -0.354 e. The van der Waals surface area contributed by atoms with Crippen LogP contribution in [-0.2, 0) is 11.2 Å². The van der Waals surface area contributed by atoms with E-state index in [-0.39, 0.29) is 43.5 Å². The molecule has 3 heterocycles. The minimum absolute atomic E-state index is 0. The van der Waals surface area contributed by atoms with Crippen molar-refractivity contribution in [2.45, 2.75) is 25.1 Å². The fraction of sp³-hybridized carbons (Fsp3) is 0.529. The molecule has 2 aromatic heterocycles. The largest absolute Gasteiger partial charge is 0.405 e. The van der Waals surface area contributed by atoms with Gasteiger partial charge in [-0.15, -0.1) is 24.8 Å². The van der Waals surface area contributed by atoms with Gasteiger partial charge in [0.25, 0.3) is 0 Å². The third-order valence-corrected chi connectivity index (χ3v) is 4.39. The standard InChI is InChI=1S/C17H21F3N6O2.2ClH/c18-17(19,20)13(26-9-7-21-8-10-26)11-23-14(27)4-5-15-24-16(25-28-15)12-3-1-2-6-22-12;;/h1-3,6,13,21H,4-5,7-11H2,(H,23,27);2*1H. The molecule has 1 atom stereocenters. The number of piperazine rings is 1. The third-order valence-electron chi connectivity index (χ3n) is 4.39. The Kier molecular flexibility index (Phi) is 10.5. The highest BCUT2D eigenvalue weighted by atomic mass is 35.5. The van der Waals surface area contributed by atoms with Gasteiger partial charge in [-0.05, 0) is 12.1 Å². The van der Waals surface area contributed by atoms with Gasteiger partial charge in [-0.25, -0.2) is 0 Å². The lowest BCUT2D eigenvalue weighted by Crippen LogP contribution is -2.57. The lowest BCUT2D eigenvalue weighted by molar-refractivity contribution is -0.184. The Hall–Kier alpha value is -1.95. The van der Waals surface area contributed by atoms with Crippen LogP contribution in [0.4, 0.5) is 13.2 Å². The molecule has 0 aliphatic carbocycles. The lowest BCUT2D eigenvalue weighted by Gasteiger charge is -2.35. The zero-order valence-electron chi connectivity index (χ0n) is 15.9. The molecule has 8 nitrogen and oxygen atoms in total. The number of amides is 1. The number of hydrogen-bond acceptors (Lipinski definition) is 7. The Balaban J connectivity index is 0.00000225. The third kappa shape index (κ3) is 7.38.